The van der Waals surface area contributed by atoms with Crippen LogP contribution < -0.4 is 5.32 Å². The van der Waals surface area contributed by atoms with Crippen molar-refractivity contribution in [2.24, 2.45) is 23.2 Å². The van der Waals surface area contributed by atoms with Gasteiger partial charge in [0.2, 0.25) is 0 Å². The topological polar surface area (TPSA) is 113 Å². The number of esters is 1. The molecular formula is C16H25F2NO6S. The van der Waals surface area contributed by atoms with Crippen LogP contribution in [0.4, 0.5) is 8.78 Å². The molecule has 7 nitrogen and oxygen atoms in total. The van der Waals surface area contributed by atoms with Gasteiger partial charge in [0.25, 0.3) is 0 Å². The van der Waals surface area contributed by atoms with Crippen molar-refractivity contribution in [1.29, 1.82) is 0 Å². The number of halogens is 2. The van der Waals surface area contributed by atoms with E-state index in [9.17, 15) is 27.1 Å². The Morgan fingerprint density at radius 2 is 1.85 bits per heavy atom. The molecule has 0 amide bonds. The predicted octanol–water partition coefficient (Wildman–Crippen LogP) is 1.52. The van der Waals surface area contributed by atoms with Crippen molar-refractivity contribution in [1.82, 2.24) is 5.32 Å². The van der Waals surface area contributed by atoms with Gasteiger partial charge in [-0.05, 0) is 51.0 Å². The number of aliphatic hydroxyl groups is 1. The summed E-state index contributed by atoms with van der Waals surface area (Å²) in [5.41, 5.74) is -2.03. The summed E-state index contributed by atoms with van der Waals surface area (Å²) in [6.07, 6.45) is 3.52. The van der Waals surface area contributed by atoms with Crippen molar-refractivity contribution in [3.8, 4) is 0 Å². The van der Waals surface area contributed by atoms with Gasteiger partial charge in [-0.2, -0.15) is 17.2 Å². The summed E-state index contributed by atoms with van der Waals surface area (Å²) in [5.74, 6) is -0.992. The predicted molar refractivity (Wildman–Crippen MR) is 86.7 cm³/mol. The van der Waals surface area contributed by atoms with E-state index in [2.05, 4.69) is 10.1 Å². The van der Waals surface area contributed by atoms with Crippen molar-refractivity contribution in [2.75, 3.05) is 13.2 Å². The van der Waals surface area contributed by atoms with Crippen molar-refractivity contribution in [3.63, 3.8) is 0 Å². The van der Waals surface area contributed by atoms with Crippen LogP contribution in [0.25, 0.3) is 0 Å². The van der Waals surface area contributed by atoms with E-state index in [-0.39, 0.29) is 17.8 Å². The molecule has 4 fully saturated rings. The summed E-state index contributed by atoms with van der Waals surface area (Å²) in [5, 5.41) is 9.75. The summed E-state index contributed by atoms with van der Waals surface area (Å²) in [4.78, 5) is 12.6. The minimum Gasteiger partial charge on any atom is -0.458 e. The van der Waals surface area contributed by atoms with E-state index in [1.165, 1.54) is 0 Å². The lowest BCUT2D eigenvalue weighted by molar-refractivity contribution is -0.226. The van der Waals surface area contributed by atoms with Gasteiger partial charge in [0, 0.05) is 11.8 Å². The van der Waals surface area contributed by atoms with Crippen LogP contribution in [-0.4, -0.2) is 48.2 Å². The molecule has 4 rings (SSSR count). The second-order valence-electron chi connectivity index (χ2n) is 8.06. The van der Waals surface area contributed by atoms with Gasteiger partial charge < -0.3 is 9.84 Å². The smallest absolute Gasteiger partial charge is 0.402 e. The fourth-order valence-electron chi connectivity index (χ4n) is 5.23. The minimum atomic E-state index is -5.64. The number of hydrogen-bond acceptors (Lipinski definition) is 6. The maximum atomic E-state index is 13.4. The normalized spacial score (nSPS) is 39.2. The van der Waals surface area contributed by atoms with Gasteiger partial charge in [-0.3, -0.25) is 14.7 Å². The van der Waals surface area contributed by atoms with Gasteiger partial charge in [0.1, 0.15) is 5.72 Å². The van der Waals surface area contributed by atoms with E-state index < -0.39 is 39.1 Å². The van der Waals surface area contributed by atoms with Crippen LogP contribution in [0, 0.1) is 23.2 Å². The Bertz CT molecular complexity index is 666. The first-order valence-electron chi connectivity index (χ1n) is 8.93. The number of hydrogen-bond donors (Lipinski definition) is 3. The molecule has 10 heteroatoms. The molecule has 4 unspecified atom stereocenters. The molecule has 4 aliphatic rings. The molecule has 26 heavy (non-hydrogen) atoms. The van der Waals surface area contributed by atoms with Gasteiger partial charge in [-0.1, -0.05) is 6.92 Å². The molecule has 0 spiro atoms. The summed E-state index contributed by atoms with van der Waals surface area (Å²) in [7, 11) is -5.64. The average molecular weight is 397 g/mol. The van der Waals surface area contributed by atoms with Gasteiger partial charge in [0.05, 0.1) is 5.41 Å². The Hall–Kier alpha value is -0.840. The van der Waals surface area contributed by atoms with Crippen LogP contribution >= 0.6 is 0 Å². The number of carbonyl (C=O) groups excluding carboxylic acids is 1. The fourth-order valence-corrected chi connectivity index (χ4v) is 5.43. The summed E-state index contributed by atoms with van der Waals surface area (Å²) in [6, 6.07) is 0. The Kier molecular flexibility index (Phi) is 4.87. The van der Waals surface area contributed by atoms with E-state index >= 15 is 0 Å². The first kappa shape index (κ1) is 19.9. The molecule has 0 aromatic carbocycles. The van der Waals surface area contributed by atoms with E-state index in [0.29, 0.717) is 25.8 Å². The number of rotatable bonds is 7. The Labute approximate surface area is 151 Å². The van der Waals surface area contributed by atoms with Crippen molar-refractivity contribution < 1.29 is 36.4 Å². The third-order valence-corrected chi connectivity index (χ3v) is 7.15. The number of carbonyl (C=O) groups is 1. The molecule has 0 heterocycles. The lowest BCUT2D eigenvalue weighted by atomic mass is 9.46. The quantitative estimate of drug-likeness (QED) is 0.339. The molecule has 3 N–H and O–H groups in total. The zero-order valence-corrected chi connectivity index (χ0v) is 15.4. The standard InChI is InChI=1S/C16H25F2NO6S/c1-2-3-19-16(21)11-4-10-5-12(16)8-14(6-10,7-11)13(20)25-9-15(17,18)26(22,23)24/h10-12,19,21H,2-9H2,1H3,(H,22,23,24)/t10?,11-,12?,14?,16?/m0/s1. The monoisotopic (exact) mass is 397 g/mol. The molecule has 0 aliphatic heterocycles. The third-order valence-electron chi connectivity index (χ3n) is 6.27. The highest BCUT2D eigenvalue weighted by Gasteiger charge is 2.64. The number of ether oxygens (including phenoxy) is 1. The van der Waals surface area contributed by atoms with Crippen LogP contribution in [0.5, 0.6) is 0 Å². The first-order valence-corrected chi connectivity index (χ1v) is 10.4. The van der Waals surface area contributed by atoms with Gasteiger partial charge in [-0.15, -0.1) is 0 Å². The van der Waals surface area contributed by atoms with Crippen molar-refractivity contribution in [3.05, 3.63) is 0 Å². The van der Waals surface area contributed by atoms with Gasteiger partial charge >= 0.3 is 21.3 Å². The maximum absolute atomic E-state index is 13.4. The van der Waals surface area contributed by atoms with Crippen LogP contribution in [0.1, 0.15) is 45.4 Å². The average Bonchev–Trinajstić information content (AvgIpc) is 2.54. The largest absolute Gasteiger partial charge is 0.458 e. The summed E-state index contributed by atoms with van der Waals surface area (Å²) >= 11 is 0. The molecule has 0 saturated heterocycles. The van der Waals surface area contributed by atoms with E-state index in [0.717, 1.165) is 19.3 Å². The van der Waals surface area contributed by atoms with Gasteiger partial charge in [0.15, 0.2) is 6.61 Å². The van der Waals surface area contributed by atoms with Crippen molar-refractivity contribution in [2.45, 2.75) is 56.4 Å². The second-order valence-corrected chi connectivity index (χ2v) is 9.61. The molecule has 4 saturated carbocycles. The summed E-state index contributed by atoms with van der Waals surface area (Å²) in [6.45, 7) is 0.928. The molecule has 0 aromatic rings. The molecule has 5 atom stereocenters. The number of nitrogens with one attached hydrogen (secondary N) is 1. The van der Waals surface area contributed by atoms with E-state index in [4.69, 9.17) is 4.55 Å². The molecule has 0 radical (unpaired) electrons. The zero-order chi connectivity index (χ0) is 19.4. The first-order chi connectivity index (χ1) is 11.9. The van der Waals surface area contributed by atoms with E-state index in [1.54, 1.807) is 0 Å². The van der Waals surface area contributed by atoms with Crippen LogP contribution in [0.15, 0.2) is 0 Å². The van der Waals surface area contributed by atoms with Crippen LogP contribution in [-0.2, 0) is 19.6 Å². The number of alkyl halides is 2. The van der Waals surface area contributed by atoms with E-state index in [1.807, 2.05) is 6.92 Å². The fraction of sp³-hybridized carbons (Fsp3) is 0.938. The SMILES string of the molecule is CCCNC1(O)C2CC3C[C@H]1CC(C(=O)OCC(F)(F)S(=O)(=O)O)(C3)C2. The minimum absolute atomic E-state index is 0.171. The maximum Gasteiger partial charge on any atom is 0.402 e. The highest BCUT2D eigenvalue weighted by molar-refractivity contribution is 7.86. The highest BCUT2D eigenvalue weighted by Crippen LogP contribution is 2.63. The van der Waals surface area contributed by atoms with Crippen LogP contribution in [0.2, 0.25) is 0 Å². The second kappa shape index (κ2) is 6.35. The Balaban J connectivity index is 1.73. The van der Waals surface area contributed by atoms with Gasteiger partial charge in [-0.25, -0.2) is 0 Å². The van der Waals surface area contributed by atoms with Crippen LogP contribution in [0.3, 0.4) is 0 Å². The Morgan fingerprint density at radius 1 is 1.27 bits per heavy atom. The molecule has 4 bridgehead atoms. The lowest BCUT2D eigenvalue weighted by Crippen LogP contribution is -2.68. The Morgan fingerprint density at radius 3 is 2.35 bits per heavy atom. The molecular weight excluding hydrogens is 372 g/mol. The molecule has 150 valence electrons. The van der Waals surface area contributed by atoms with Crippen molar-refractivity contribution >= 4 is 16.1 Å². The lowest BCUT2D eigenvalue weighted by Gasteiger charge is -2.62. The highest BCUT2D eigenvalue weighted by atomic mass is 32.2. The zero-order valence-electron chi connectivity index (χ0n) is 14.6. The summed E-state index contributed by atoms with van der Waals surface area (Å²) < 4.78 is 61.2. The molecule has 0 aromatic heterocycles. The molecule has 4 aliphatic carbocycles. The third kappa shape index (κ3) is 3.14.